The summed E-state index contributed by atoms with van der Waals surface area (Å²) in [5.41, 5.74) is 4.65. The van der Waals surface area contributed by atoms with Gasteiger partial charge in [0, 0.05) is 23.5 Å². The summed E-state index contributed by atoms with van der Waals surface area (Å²) in [4.78, 5) is 8.87. The van der Waals surface area contributed by atoms with Crippen molar-refractivity contribution in [2.24, 2.45) is 10.2 Å². The maximum absolute atomic E-state index is 14.2. The second kappa shape index (κ2) is 7.61. The van der Waals surface area contributed by atoms with E-state index in [1.54, 1.807) is 31.6 Å². The van der Waals surface area contributed by atoms with Crippen molar-refractivity contribution in [2.45, 2.75) is 26.3 Å². The number of halogens is 1. The van der Waals surface area contributed by atoms with Gasteiger partial charge in [0.25, 0.3) is 0 Å². The predicted molar refractivity (Wildman–Crippen MR) is 103 cm³/mol. The second-order valence-electron chi connectivity index (χ2n) is 6.61. The number of aryl methyl sites for hydroxylation is 1. The van der Waals surface area contributed by atoms with Gasteiger partial charge >= 0.3 is 0 Å². The fourth-order valence-electron chi connectivity index (χ4n) is 3.08. The van der Waals surface area contributed by atoms with Crippen molar-refractivity contribution in [3.63, 3.8) is 0 Å². The number of hydrogen-bond acceptors (Lipinski definition) is 4. The van der Waals surface area contributed by atoms with E-state index in [-0.39, 0.29) is 5.82 Å². The lowest BCUT2D eigenvalue weighted by Crippen LogP contribution is -2.00. The van der Waals surface area contributed by atoms with Gasteiger partial charge in [0.05, 0.1) is 30.8 Å². The Morgan fingerprint density at radius 3 is 3.00 bits per heavy atom. The molecule has 4 rings (SSSR count). The number of aromatic nitrogens is 3. The Labute approximate surface area is 157 Å². The third kappa shape index (κ3) is 3.84. The third-order valence-corrected chi connectivity index (χ3v) is 4.55. The minimum atomic E-state index is -0.168. The number of pyridine rings is 1. The molecule has 0 atom stereocenters. The summed E-state index contributed by atoms with van der Waals surface area (Å²) in [5, 5.41) is 8.48. The molecule has 0 radical (unpaired) electrons. The van der Waals surface area contributed by atoms with Crippen LogP contribution < -0.4 is 0 Å². The zero-order valence-electron chi connectivity index (χ0n) is 15.1. The van der Waals surface area contributed by atoms with Gasteiger partial charge in [-0.1, -0.05) is 24.3 Å². The summed E-state index contributed by atoms with van der Waals surface area (Å²) in [6.07, 6.45) is 9.44. The zero-order chi connectivity index (χ0) is 18.6. The zero-order valence-corrected chi connectivity index (χ0v) is 15.1. The van der Waals surface area contributed by atoms with E-state index in [9.17, 15) is 4.39 Å². The van der Waals surface area contributed by atoms with Crippen LogP contribution in [0.5, 0.6) is 0 Å². The maximum Gasteiger partial charge on any atom is 0.131 e. The highest BCUT2D eigenvalue weighted by molar-refractivity contribution is 5.68. The second-order valence-corrected chi connectivity index (χ2v) is 6.61. The minimum absolute atomic E-state index is 0.168. The topological polar surface area (TPSA) is 55.4 Å². The van der Waals surface area contributed by atoms with Gasteiger partial charge in [-0.25, -0.2) is 9.37 Å². The Kier molecular flexibility index (Phi) is 4.87. The summed E-state index contributed by atoms with van der Waals surface area (Å²) in [6, 6.07) is 9.33. The van der Waals surface area contributed by atoms with E-state index < -0.39 is 0 Å². The normalized spacial score (nSPS) is 14.1. The first kappa shape index (κ1) is 17.3. The molecule has 27 heavy (non-hydrogen) atoms. The molecule has 0 N–H and O–H groups in total. The van der Waals surface area contributed by atoms with Crippen LogP contribution in [0.2, 0.25) is 0 Å². The molecule has 3 aromatic rings. The quantitative estimate of drug-likeness (QED) is 0.654. The van der Waals surface area contributed by atoms with E-state index in [0.717, 1.165) is 42.0 Å². The summed E-state index contributed by atoms with van der Waals surface area (Å²) in [5.74, 6) is -0.168. The lowest BCUT2D eigenvalue weighted by atomic mass is 10.1. The van der Waals surface area contributed by atoms with Gasteiger partial charge < -0.3 is 4.57 Å². The molecule has 2 aromatic heterocycles. The fourth-order valence-corrected chi connectivity index (χ4v) is 3.08. The van der Waals surface area contributed by atoms with E-state index in [1.807, 2.05) is 29.0 Å². The molecule has 1 aromatic carbocycles. The molecule has 3 heterocycles. The summed E-state index contributed by atoms with van der Waals surface area (Å²) < 4.78 is 16.1. The van der Waals surface area contributed by atoms with Crippen LogP contribution in [0.4, 0.5) is 4.39 Å². The predicted octanol–water partition coefficient (Wildman–Crippen LogP) is 5.03. The highest BCUT2D eigenvalue weighted by Crippen LogP contribution is 2.24. The van der Waals surface area contributed by atoms with Crippen LogP contribution in [-0.4, -0.2) is 21.1 Å². The molecule has 136 valence electrons. The van der Waals surface area contributed by atoms with E-state index in [0.29, 0.717) is 17.7 Å². The smallest absolute Gasteiger partial charge is 0.131 e. The largest absolute Gasteiger partial charge is 0.332 e. The lowest BCUT2D eigenvalue weighted by molar-refractivity contribution is 0.591. The Hall–Kier alpha value is -3.15. The number of allylic oxidation sites excluding steroid dienone is 1. The molecule has 0 saturated carbocycles. The molecule has 0 amide bonds. The molecule has 0 spiro atoms. The summed E-state index contributed by atoms with van der Waals surface area (Å²) >= 11 is 0. The first-order chi connectivity index (χ1) is 13.2. The number of imidazole rings is 1. The Bertz CT molecular complexity index is 1020. The van der Waals surface area contributed by atoms with Crippen LogP contribution in [0.3, 0.4) is 0 Å². The highest BCUT2D eigenvalue weighted by atomic mass is 19.1. The van der Waals surface area contributed by atoms with Crippen LogP contribution in [0, 0.1) is 12.7 Å². The Morgan fingerprint density at radius 1 is 1.15 bits per heavy atom. The third-order valence-electron chi connectivity index (χ3n) is 4.55. The van der Waals surface area contributed by atoms with E-state index >= 15 is 0 Å². The van der Waals surface area contributed by atoms with E-state index in [1.165, 1.54) is 0 Å². The van der Waals surface area contributed by atoms with Crippen LogP contribution in [-0.2, 0) is 6.54 Å². The molecule has 0 aliphatic carbocycles. The van der Waals surface area contributed by atoms with Crippen molar-refractivity contribution in [3.05, 3.63) is 77.6 Å². The maximum atomic E-state index is 14.2. The minimum Gasteiger partial charge on any atom is -0.332 e. The van der Waals surface area contributed by atoms with Crippen molar-refractivity contribution < 1.29 is 4.39 Å². The van der Waals surface area contributed by atoms with Gasteiger partial charge in [0.15, 0.2) is 0 Å². The van der Waals surface area contributed by atoms with E-state index in [4.69, 9.17) is 0 Å². The van der Waals surface area contributed by atoms with Gasteiger partial charge in [-0.15, -0.1) is 0 Å². The highest BCUT2D eigenvalue weighted by Gasteiger charge is 2.10. The SMILES string of the molecule is Cc1cccc(Cn2cnc(-c3cc(C4=CCCCN=N4)ccn3)c2)c1F. The van der Waals surface area contributed by atoms with Gasteiger partial charge in [-0.05, 0) is 37.5 Å². The number of benzene rings is 1. The molecule has 5 nitrogen and oxygen atoms in total. The molecule has 0 bridgehead atoms. The van der Waals surface area contributed by atoms with Crippen molar-refractivity contribution in [1.29, 1.82) is 0 Å². The van der Waals surface area contributed by atoms with Crippen LogP contribution in [0.15, 0.2) is 65.4 Å². The van der Waals surface area contributed by atoms with Crippen molar-refractivity contribution in [3.8, 4) is 11.4 Å². The van der Waals surface area contributed by atoms with Crippen molar-refractivity contribution in [1.82, 2.24) is 14.5 Å². The molecule has 0 fully saturated rings. The number of rotatable bonds is 4. The molecular formula is C21H20FN5. The van der Waals surface area contributed by atoms with Gasteiger partial charge in [-0.2, -0.15) is 10.2 Å². The number of nitrogens with zero attached hydrogens (tertiary/aromatic N) is 5. The van der Waals surface area contributed by atoms with Crippen LogP contribution >= 0.6 is 0 Å². The fraction of sp³-hybridized carbons (Fsp3) is 0.238. The average molecular weight is 361 g/mol. The lowest BCUT2D eigenvalue weighted by Gasteiger charge is -2.06. The van der Waals surface area contributed by atoms with Crippen LogP contribution in [0.25, 0.3) is 17.1 Å². The molecule has 1 aliphatic heterocycles. The number of hydrogen-bond donors (Lipinski definition) is 0. The molecule has 0 unspecified atom stereocenters. The standard InChI is InChI=1S/C21H20FN5/c1-15-5-4-6-17(21(15)22)12-27-13-20(24-14-27)19-11-16(8-10-23-19)18-7-2-3-9-25-26-18/h4-8,10-11,13-14H,2-3,9,12H2,1H3. The van der Waals surface area contributed by atoms with Gasteiger partial charge in [-0.3, -0.25) is 4.98 Å². The summed E-state index contributed by atoms with van der Waals surface area (Å²) in [7, 11) is 0. The Balaban J connectivity index is 1.59. The van der Waals surface area contributed by atoms with Crippen molar-refractivity contribution >= 4 is 5.70 Å². The Morgan fingerprint density at radius 2 is 2.07 bits per heavy atom. The molecule has 6 heteroatoms. The monoisotopic (exact) mass is 361 g/mol. The van der Waals surface area contributed by atoms with Gasteiger partial charge in [0.1, 0.15) is 11.5 Å². The number of azo groups is 1. The molecule has 1 aliphatic rings. The van der Waals surface area contributed by atoms with Crippen LogP contribution in [0.1, 0.15) is 29.5 Å². The van der Waals surface area contributed by atoms with Crippen molar-refractivity contribution in [2.75, 3.05) is 6.54 Å². The first-order valence-electron chi connectivity index (χ1n) is 9.01. The molecule has 0 saturated heterocycles. The summed E-state index contributed by atoms with van der Waals surface area (Å²) in [6.45, 7) is 2.96. The first-order valence-corrected chi connectivity index (χ1v) is 9.01. The van der Waals surface area contributed by atoms with E-state index in [2.05, 4.69) is 26.3 Å². The average Bonchev–Trinajstić information content (AvgIpc) is 2.98. The molecular weight excluding hydrogens is 341 g/mol. The van der Waals surface area contributed by atoms with Gasteiger partial charge in [0.2, 0.25) is 0 Å².